The molecule has 2 aromatic carbocycles. The number of allylic oxidation sites excluding steroid dienone is 1. The molecular weight excluding hydrogens is 587 g/mol. The fourth-order valence-electron chi connectivity index (χ4n) is 5.45. The lowest BCUT2D eigenvalue weighted by Gasteiger charge is -2.28. The number of ether oxygens (including phenoxy) is 2. The Kier molecular flexibility index (Phi) is 12.1. The van der Waals surface area contributed by atoms with Crippen LogP contribution in [0.15, 0.2) is 89.3 Å². The number of thiophene rings is 1. The molecule has 0 aliphatic carbocycles. The monoisotopic (exact) mass is 631 g/mol. The summed E-state index contributed by atoms with van der Waals surface area (Å²) in [4.78, 5) is 8.47. The lowest BCUT2D eigenvalue weighted by molar-refractivity contribution is 0.0750. The van der Waals surface area contributed by atoms with Crippen molar-refractivity contribution in [3.8, 4) is 11.8 Å². The first-order valence-corrected chi connectivity index (χ1v) is 17.0. The van der Waals surface area contributed by atoms with E-state index in [1.54, 1.807) is 18.3 Å². The van der Waals surface area contributed by atoms with Gasteiger partial charge in [-0.1, -0.05) is 63.1 Å². The Morgan fingerprint density at radius 1 is 1.00 bits per heavy atom. The van der Waals surface area contributed by atoms with Crippen LogP contribution in [0.4, 0.5) is 5.69 Å². The van der Waals surface area contributed by atoms with Crippen molar-refractivity contribution < 1.29 is 9.47 Å². The van der Waals surface area contributed by atoms with Gasteiger partial charge in [0.15, 0.2) is 0 Å². The zero-order valence-electron chi connectivity index (χ0n) is 28.0. The molecule has 1 aliphatic rings. The third-order valence-electron chi connectivity index (χ3n) is 8.01. The Morgan fingerprint density at radius 2 is 1.65 bits per heavy atom. The molecule has 0 saturated heterocycles. The van der Waals surface area contributed by atoms with Crippen LogP contribution in [0.2, 0.25) is 0 Å². The summed E-state index contributed by atoms with van der Waals surface area (Å²) in [5.41, 5.74) is 3.82. The van der Waals surface area contributed by atoms with Crippen molar-refractivity contribution in [3.63, 3.8) is 0 Å². The van der Waals surface area contributed by atoms with Crippen LogP contribution in [0.5, 0.6) is 5.75 Å². The van der Waals surface area contributed by atoms with Crippen LogP contribution in [0.1, 0.15) is 88.1 Å². The minimum Gasteiger partial charge on any atom is -0.490 e. The quantitative estimate of drug-likeness (QED) is 0.131. The van der Waals surface area contributed by atoms with Gasteiger partial charge >= 0.3 is 0 Å². The molecule has 2 heterocycles. The van der Waals surface area contributed by atoms with Gasteiger partial charge in [-0.25, -0.2) is 4.85 Å². The Labute approximate surface area is 279 Å². The van der Waals surface area contributed by atoms with E-state index in [1.165, 1.54) is 31.4 Å². The fourth-order valence-corrected chi connectivity index (χ4v) is 6.26. The Morgan fingerprint density at radius 3 is 2.24 bits per heavy atom. The molecule has 4 rings (SSSR count). The second-order valence-corrected chi connectivity index (χ2v) is 13.1. The average molecular weight is 632 g/mol. The summed E-state index contributed by atoms with van der Waals surface area (Å²) in [5, 5.41) is 9.59. The highest BCUT2D eigenvalue weighted by Crippen LogP contribution is 2.47. The molecule has 1 atom stereocenters. The second-order valence-electron chi connectivity index (χ2n) is 11.9. The Hall–Kier alpha value is -4.52. The van der Waals surface area contributed by atoms with E-state index < -0.39 is 5.60 Å². The lowest BCUT2D eigenvalue weighted by Crippen LogP contribution is -2.25. The first kappa shape index (κ1) is 34.4. The molecule has 0 bridgehead atoms. The number of benzene rings is 2. The van der Waals surface area contributed by atoms with E-state index in [0.717, 1.165) is 45.3 Å². The third kappa shape index (κ3) is 8.19. The maximum atomic E-state index is 9.59. The maximum absolute atomic E-state index is 9.59. The molecule has 1 aromatic heterocycles. The molecule has 6 heteroatoms. The van der Waals surface area contributed by atoms with Crippen molar-refractivity contribution in [2.45, 2.75) is 78.9 Å². The molecule has 0 spiro atoms. The van der Waals surface area contributed by atoms with E-state index in [2.05, 4.69) is 86.0 Å². The molecule has 0 N–H and O–H groups in total. The van der Waals surface area contributed by atoms with E-state index in [9.17, 15) is 5.26 Å². The van der Waals surface area contributed by atoms with E-state index in [-0.39, 0.29) is 6.10 Å². The summed E-state index contributed by atoms with van der Waals surface area (Å²) < 4.78 is 12.7. The van der Waals surface area contributed by atoms with E-state index in [4.69, 9.17) is 16.0 Å². The number of unbranched alkanes of at least 4 members (excludes halogenated alkanes) is 2. The Bertz CT molecular complexity index is 1690. The van der Waals surface area contributed by atoms with Crippen molar-refractivity contribution in [3.05, 3.63) is 122 Å². The topological polar surface area (TPSA) is 49.9 Å². The van der Waals surface area contributed by atoms with Gasteiger partial charge in [0.05, 0.1) is 24.3 Å². The molecule has 0 radical (unpaired) electrons. The van der Waals surface area contributed by atoms with Crippen LogP contribution in [0, 0.1) is 17.9 Å². The number of nitriles is 1. The van der Waals surface area contributed by atoms with Gasteiger partial charge in [0.25, 0.3) is 0 Å². The maximum Gasteiger partial charge on any atom is 0.236 e. The number of hydrogen-bond acceptors (Lipinski definition) is 5. The van der Waals surface area contributed by atoms with E-state index >= 15 is 0 Å². The fraction of sp³-hybridized carbons (Fsp3) is 0.350. The molecule has 1 aliphatic heterocycles. The summed E-state index contributed by atoms with van der Waals surface area (Å²) in [6.07, 6.45) is 13.0. The zero-order valence-corrected chi connectivity index (χ0v) is 28.8. The van der Waals surface area contributed by atoms with Crippen LogP contribution >= 0.6 is 11.3 Å². The van der Waals surface area contributed by atoms with Crippen molar-refractivity contribution >= 4 is 35.3 Å². The Balaban J connectivity index is 1.62. The van der Waals surface area contributed by atoms with Crippen LogP contribution in [0.3, 0.4) is 0 Å². The highest BCUT2D eigenvalue weighted by molar-refractivity contribution is 7.13. The number of nitrogens with zero attached hydrogens (tertiary/aromatic N) is 3. The minimum absolute atomic E-state index is 0.0729. The van der Waals surface area contributed by atoms with Gasteiger partial charge in [-0.05, 0) is 88.6 Å². The van der Waals surface area contributed by atoms with Crippen molar-refractivity contribution in [2.24, 2.45) is 0 Å². The number of hydrogen-bond donors (Lipinski definition) is 0. The van der Waals surface area contributed by atoms with Crippen LogP contribution in [-0.4, -0.2) is 19.2 Å². The molecule has 3 aromatic rings. The van der Waals surface area contributed by atoms with E-state index in [1.807, 2.05) is 49.4 Å². The lowest BCUT2D eigenvalue weighted by atomic mass is 9.87. The molecule has 0 saturated carbocycles. The van der Waals surface area contributed by atoms with Gasteiger partial charge in [0, 0.05) is 45.7 Å². The number of rotatable bonds is 14. The van der Waals surface area contributed by atoms with Gasteiger partial charge in [-0.2, -0.15) is 5.26 Å². The molecule has 1 unspecified atom stereocenters. The van der Waals surface area contributed by atoms with Gasteiger partial charge < -0.3 is 14.4 Å². The molecule has 0 amide bonds. The molecule has 46 heavy (non-hydrogen) atoms. The first-order valence-electron chi connectivity index (χ1n) is 16.2. The third-order valence-corrected chi connectivity index (χ3v) is 9.03. The van der Waals surface area contributed by atoms with Gasteiger partial charge in [-0.3, -0.25) is 0 Å². The minimum atomic E-state index is -0.882. The van der Waals surface area contributed by atoms with Crippen molar-refractivity contribution in [1.29, 1.82) is 5.26 Å². The predicted molar refractivity (Wildman–Crippen MR) is 193 cm³/mol. The van der Waals surface area contributed by atoms with Crippen molar-refractivity contribution in [1.82, 2.24) is 0 Å². The average Bonchev–Trinajstić information content (AvgIpc) is 3.64. The normalized spacial score (nSPS) is 17.4. The summed E-state index contributed by atoms with van der Waals surface area (Å²) >= 11 is 1.67. The summed E-state index contributed by atoms with van der Waals surface area (Å²) in [7, 11) is 0. The summed E-state index contributed by atoms with van der Waals surface area (Å²) in [5.74, 6) is 1.25. The largest absolute Gasteiger partial charge is 0.490 e. The van der Waals surface area contributed by atoms with Crippen LogP contribution < -0.4 is 9.64 Å². The number of anilines is 1. The first-order chi connectivity index (χ1) is 22.2. The molecule has 0 fully saturated rings. The summed E-state index contributed by atoms with van der Waals surface area (Å²) in [6.45, 7) is 22.3. The highest BCUT2D eigenvalue weighted by Gasteiger charge is 2.43. The SMILES string of the molecule is [C-]#[N+]C1=C(/C=C/c2ccc(/C=C/c3ccc(N(CCCC)CCCC)cc3OC(C)C)s2)C(C)(c2ccccc2)O/C1=C(\C)C#N. The van der Waals surface area contributed by atoms with Crippen LogP contribution in [0.25, 0.3) is 23.1 Å². The zero-order chi connectivity index (χ0) is 33.1. The van der Waals surface area contributed by atoms with Crippen LogP contribution in [-0.2, 0) is 10.3 Å². The second kappa shape index (κ2) is 16.2. The molecular formula is C40H45N3O2S. The van der Waals surface area contributed by atoms with Gasteiger partial charge in [0.1, 0.15) is 17.1 Å². The molecule has 238 valence electrons. The highest BCUT2D eigenvalue weighted by atomic mass is 32.1. The van der Waals surface area contributed by atoms with E-state index in [0.29, 0.717) is 17.0 Å². The van der Waals surface area contributed by atoms with Gasteiger partial charge in [0.2, 0.25) is 5.70 Å². The van der Waals surface area contributed by atoms with Crippen molar-refractivity contribution in [2.75, 3.05) is 18.0 Å². The predicted octanol–water partition coefficient (Wildman–Crippen LogP) is 11.0. The van der Waals surface area contributed by atoms with Gasteiger partial charge in [-0.15, -0.1) is 11.3 Å². The summed E-state index contributed by atoms with van der Waals surface area (Å²) in [6, 6.07) is 22.8. The standard InChI is InChI=1S/C40H45N3O2S/c1-8-10-25-43(26-11-9-2)33-19-17-31(37(27-33)44-29(3)4)18-20-34-21-22-35(46-34)23-24-36-38(42-7)39(30(5)28-41)45-40(36,6)32-15-13-12-14-16-32/h12-24,27,29H,8-11,25-26H2,1-6H3/b20-18+,24-23+,39-30+. The smallest absolute Gasteiger partial charge is 0.236 e. The molecule has 5 nitrogen and oxygen atoms in total.